The lowest BCUT2D eigenvalue weighted by molar-refractivity contribution is 0.0447. The molecule has 0 bridgehead atoms. The summed E-state index contributed by atoms with van der Waals surface area (Å²) in [6.45, 7) is 5.04. The predicted molar refractivity (Wildman–Crippen MR) is 50.6 cm³/mol. The van der Waals surface area contributed by atoms with Gasteiger partial charge >= 0.3 is 6.03 Å². The van der Waals surface area contributed by atoms with Gasteiger partial charge in [-0.25, -0.2) is 4.79 Å². The minimum atomic E-state index is -0.0580. The second kappa shape index (κ2) is 5.45. The van der Waals surface area contributed by atoms with E-state index in [1.165, 1.54) is 4.90 Å². The van der Waals surface area contributed by atoms with Gasteiger partial charge in [-0.1, -0.05) is 0 Å². The van der Waals surface area contributed by atoms with E-state index in [9.17, 15) is 4.79 Å². The largest absolute Gasteiger partial charge is 0.378 e. The Bertz CT molecular complexity index is 231. The SMILES string of the molecule is CCN(CC#N)C(=O)N1CCOCC1. The molecule has 0 unspecified atom stereocenters. The molecule has 0 aliphatic carbocycles. The van der Waals surface area contributed by atoms with Crippen LogP contribution in [-0.2, 0) is 4.74 Å². The third-order valence-corrected chi connectivity index (χ3v) is 2.20. The summed E-state index contributed by atoms with van der Waals surface area (Å²) in [6, 6.07) is 1.93. The van der Waals surface area contributed by atoms with E-state index >= 15 is 0 Å². The number of carbonyl (C=O) groups excluding carboxylic acids is 1. The molecule has 1 fully saturated rings. The number of carbonyl (C=O) groups is 1. The van der Waals surface area contributed by atoms with Crippen molar-refractivity contribution >= 4 is 6.03 Å². The zero-order valence-corrected chi connectivity index (χ0v) is 8.40. The van der Waals surface area contributed by atoms with E-state index in [0.717, 1.165) is 0 Å². The Labute approximate surface area is 83.8 Å². The molecule has 0 aromatic rings. The summed E-state index contributed by atoms with van der Waals surface area (Å²) < 4.78 is 5.15. The fraction of sp³-hybridized carbons (Fsp3) is 0.778. The van der Waals surface area contributed by atoms with Crippen LogP contribution < -0.4 is 0 Å². The first kappa shape index (κ1) is 10.8. The summed E-state index contributed by atoms with van der Waals surface area (Å²) in [6.07, 6.45) is 0. The van der Waals surface area contributed by atoms with E-state index in [2.05, 4.69) is 0 Å². The van der Waals surface area contributed by atoms with Gasteiger partial charge in [-0.3, -0.25) is 0 Å². The number of ether oxygens (including phenoxy) is 1. The molecule has 0 radical (unpaired) electrons. The van der Waals surface area contributed by atoms with Crippen LogP contribution in [0.2, 0.25) is 0 Å². The first-order chi connectivity index (χ1) is 6.79. The molecule has 1 aliphatic rings. The van der Waals surface area contributed by atoms with E-state index in [-0.39, 0.29) is 12.6 Å². The van der Waals surface area contributed by atoms with Crippen molar-refractivity contribution in [3.05, 3.63) is 0 Å². The van der Waals surface area contributed by atoms with E-state index in [1.807, 2.05) is 13.0 Å². The quantitative estimate of drug-likeness (QED) is 0.598. The normalized spacial score (nSPS) is 16.1. The molecule has 1 aliphatic heterocycles. The molecule has 0 atom stereocenters. The standard InChI is InChI=1S/C9H15N3O2/c1-2-11(4-3-10)9(13)12-5-7-14-8-6-12/h2,4-8H2,1H3. The maximum Gasteiger partial charge on any atom is 0.321 e. The fourth-order valence-electron chi connectivity index (χ4n) is 1.35. The Balaban J connectivity index is 2.48. The third kappa shape index (κ3) is 2.60. The highest BCUT2D eigenvalue weighted by atomic mass is 16.5. The molecule has 2 amide bonds. The van der Waals surface area contributed by atoms with Crippen LogP contribution >= 0.6 is 0 Å². The highest BCUT2D eigenvalue weighted by Crippen LogP contribution is 2.02. The Morgan fingerprint density at radius 3 is 2.71 bits per heavy atom. The van der Waals surface area contributed by atoms with E-state index in [0.29, 0.717) is 32.8 Å². The molecule has 0 saturated carbocycles. The van der Waals surface area contributed by atoms with Gasteiger partial charge in [0.15, 0.2) is 0 Å². The zero-order valence-electron chi connectivity index (χ0n) is 8.40. The van der Waals surface area contributed by atoms with Crippen LogP contribution in [0.4, 0.5) is 4.79 Å². The number of rotatable bonds is 2. The summed E-state index contributed by atoms with van der Waals surface area (Å²) in [4.78, 5) is 15.0. The molecule has 0 N–H and O–H groups in total. The first-order valence-electron chi connectivity index (χ1n) is 4.78. The van der Waals surface area contributed by atoms with Gasteiger partial charge in [0, 0.05) is 19.6 Å². The summed E-state index contributed by atoms with van der Waals surface area (Å²) in [5.41, 5.74) is 0. The maximum absolute atomic E-state index is 11.8. The summed E-state index contributed by atoms with van der Waals surface area (Å²) in [5.74, 6) is 0. The van der Waals surface area contributed by atoms with Gasteiger partial charge in [-0.05, 0) is 6.92 Å². The highest BCUT2D eigenvalue weighted by Gasteiger charge is 2.21. The van der Waals surface area contributed by atoms with Gasteiger partial charge in [0.05, 0.1) is 19.3 Å². The van der Waals surface area contributed by atoms with Gasteiger partial charge in [-0.2, -0.15) is 5.26 Å². The Morgan fingerprint density at radius 2 is 2.21 bits per heavy atom. The Hall–Kier alpha value is -1.28. The van der Waals surface area contributed by atoms with Gasteiger partial charge in [0.1, 0.15) is 6.54 Å². The molecule has 14 heavy (non-hydrogen) atoms. The van der Waals surface area contributed by atoms with Gasteiger partial charge < -0.3 is 14.5 Å². The monoisotopic (exact) mass is 197 g/mol. The summed E-state index contributed by atoms with van der Waals surface area (Å²) in [5, 5.41) is 8.53. The van der Waals surface area contributed by atoms with Gasteiger partial charge in [0.25, 0.3) is 0 Å². The smallest absolute Gasteiger partial charge is 0.321 e. The van der Waals surface area contributed by atoms with Crippen LogP contribution in [-0.4, -0.2) is 55.2 Å². The van der Waals surface area contributed by atoms with Crippen molar-refractivity contribution in [2.45, 2.75) is 6.92 Å². The number of morpholine rings is 1. The molecule has 1 heterocycles. The number of amides is 2. The van der Waals surface area contributed by atoms with Crippen LogP contribution in [0.25, 0.3) is 0 Å². The molecule has 78 valence electrons. The molecule has 0 aromatic heterocycles. The van der Waals surface area contributed by atoms with Crippen LogP contribution in [0.15, 0.2) is 0 Å². The van der Waals surface area contributed by atoms with Crippen molar-refractivity contribution in [2.24, 2.45) is 0 Å². The molecule has 5 nitrogen and oxygen atoms in total. The lowest BCUT2D eigenvalue weighted by atomic mass is 10.4. The molecule has 1 rings (SSSR count). The molecular weight excluding hydrogens is 182 g/mol. The highest BCUT2D eigenvalue weighted by molar-refractivity contribution is 5.74. The number of urea groups is 1. The fourth-order valence-corrected chi connectivity index (χ4v) is 1.35. The molecule has 5 heteroatoms. The van der Waals surface area contributed by atoms with E-state index in [4.69, 9.17) is 10.00 Å². The topological polar surface area (TPSA) is 56.6 Å². The van der Waals surface area contributed by atoms with Crippen molar-refractivity contribution in [1.82, 2.24) is 9.80 Å². The number of nitrogens with zero attached hydrogens (tertiary/aromatic N) is 3. The van der Waals surface area contributed by atoms with Crippen LogP contribution in [0.3, 0.4) is 0 Å². The van der Waals surface area contributed by atoms with Crippen LogP contribution in [0.5, 0.6) is 0 Å². The van der Waals surface area contributed by atoms with E-state index < -0.39 is 0 Å². The third-order valence-electron chi connectivity index (χ3n) is 2.20. The average molecular weight is 197 g/mol. The second-order valence-corrected chi connectivity index (χ2v) is 3.05. The van der Waals surface area contributed by atoms with E-state index in [1.54, 1.807) is 4.90 Å². The zero-order chi connectivity index (χ0) is 10.4. The molecular formula is C9H15N3O2. The maximum atomic E-state index is 11.8. The van der Waals surface area contributed by atoms with Crippen molar-refractivity contribution in [2.75, 3.05) is 39.4 Å². The Morgan fingerprint density at radius 1 is 1.57 bits per heavy atom. The molecule has 0 aromatic carbocycles. The van der Waals surface area contributed by atoms with Gasteiger partial charge in [0.2, 0.25) is 0 Å². The number of hydrogen-bond acceptors (Lipinski definition) is 3. The Kier molecular flexibility index (Phi) is 4.20. The summed E-state index contributed by atoms with van der Waals surface area (Å²) >= 11 is 0. The number of hydrogen-bond donors (Lipinski definition) is 0. The summed E-state index contributed by atoms with van der Waals surface area (Å²) in [7, 11) is 0. The van der Waals surface area contributed by atoms with Crippen molar-refractivity contribution in [1.29, 1.82) is 5.26 Å². The second-order valence-electron chi connectivity index (χ2n) is 3.05. The molecule has 0 spiro atoms. The minimum Gasteiger partial charge on any atom is -0.378 e. The van der Waals surface area contributed by atoms with Crippen molar-refractivity contribution in [3.63, 3.8) is 0 Å². The molecule has 1 saturated heterocycles. The number of nitriles is 1. The predicted octanol–water partition coefficient (Wildman–Crippen LogP) is 0.284. The average Bonchev–Trinajstić information content (AvgIpc) is 2.26. The first-order valence-corrected chi connectivity index (χ1v) is 4.78. The lowest BCUT2D eigenvalue weighted by Crippen LogP contribution is -2.48. The van der Waals surface area contributed by atoms with Crippen LogP contribution in [0.1, 0.15) is 6.92 Å². The van der Waals surface area contributed by atoms with Crippen molar-refractivity contribution < 1.29 is 9.53 Å². The van der Waals surface area contributed by atoms with Crippen molar-refractivity contribution in [3.8, 4) is 6.07 Å². The van der Waals surface area contributed by atoms with Crippen LogP contribution in [0, 0.1) is 11.3 Å². The van der Waals surface area contributed by atoms with Gasteiger partial charge in [-0.15, -0.1) is 0 Å². The lowest BCUT2D eigenvalue weighted by Gasteiger charge is -2.31. The minimum absolute atomic E-state index is 0.0580.